The highest BCUT2D eigenvalue weighted by atomic mass is 35.5. The molecule has 0 atom stereocenters. The third kappa shape index (κ3) is 6.81. The van der Waals surface area contributed by atoms with E-state index in [1.165, 1.54) is 11.1 Å². The number of benzene rings is 2. The topological polar surface area (TPSA) is 41.1 Å². The number of carbonyl (C=O) groups excluding carboxylic acids is 1. The van der Waals surface area contributed by atoms with E-state index in [1.807, 2.05) is 12.1 Å². The summed E-state index contributed by atoms with van der Waals surface area (Å²) in [6.07, 6.45) is 4.54. The summed E-state index contributed by atoms with van der Waals surface area (Å²) in [7, 11) is 0. The predicted molar refractivity (Wildman–Crippen MR) is 110 cm³/mol. The van der Waals surface area contributed by atoms with E-state index < -0.39 is 0 Å². The van der Waals surface area contributed by atoms with Gasteiger partial charge in [0, 0.05) is 12.5 Å². The van der Waals surface area contributed by atoms with E-state index in [0.717, 1.165) is 38.8 Å². The van der Waals surface area contributed by atoms with Gasteiger partial charge in [0.1, 0.15) is 0 Å². The van der Waals surface area contributed by atoms with Crippen LogP contribution < -0.4 is 10.6 Å². The van der Waals surface area contributed by atoms with Crippen LogP contribution in [0, 0.1) is 5.92 Å². The van der Waals surface area contributed by atoms with Crippen LogP contribution in [0.3, 0.4) is 0 Å². The summed E-state index contributed by atoms with van der Waals surface area (Å²) in [5.41, 5.74) is 2.61. The molecule has 2 aromatic carbocycles. The van der Waals surface area contributed by atoms with Gasteiger partial charge in [-0.05, 0) is 55.8 Å². The second kappa shape index (κ2) is 11.0. The first-order chi connectivity index (χ1) is 12.3. The zero-order valence-corrected chi connectivity index (χ0v) is 16.0. The van der Waals surface area contributed by atoms with Gasteiger partial charge in [0.15, 0.2) is 0 Å². The first-order valence-corrected chi connectivity index (χ1v) is 9.37. The second-order valence-corrected chi connectivity index (χ2v) is 7.04. The molecular formula is C22H29ClN2O. The van der Waals surface area contributed by atoms with Gasteiger partial charge in [-0.3, -0.25) is 4.79 Å². The molecule has 2 aromatic rings. The fourth-order valence-corrected chi connectivity index (χ4v) is 3.63. The maximum absolute atomic E-state index is 12.6. The lowest BCUT2D eigenvalue weighted by Crippen LogP contribution is -2.43. The molecule has 0 spiro atoms. The highest BCUT2D eigenvalue weighted by Crippen LogP contribution is 2.18. The largest absolute Gasteiger partial charge is 0.353 e. The fraction of sp³-hybridized carbons (Fsp3) is 0.409. The Balaban J connectivity index is 0.00000243. The third-order valence-electron chi connectivity index (χ3n) is 4.91. The fourth-order valence-electron chi connectivity index (χ4n) is 3.63. The van der Waals surface area contributed by atoms with Gasteiger partial charge in [-0.2, -0.15) is 0 Å². The highest BCUT2D eigenvalue weighted by Gasteiger charge is 2.19. The molecule has 3 rings (SSSR count). The van der Waals surface area contributed by atoms with Crippen molar-refractivity contribution in [1.29, 1.82) is 0 Å². The maximum Gasteiger partial charge on any atom is 0.220 e. The maximum atomic E-state index is 12.6. The molecule has 0 unspecified atom stereocenters. The Labute approximate surface area is 163 Å². The van der Waals surface area contributed by atoms with Crippen LogP contribution in [0.1, 0.15) is 30.4 Å². The normalized spacial score (nSPS) is 14.7. The molecule has 1 aliphatic heterocycles. The SMILES string of the molecule is Cl.O=C(CC(Cc1ccccc1)Cc1ccccc1)NC1CCNCC1. The Morgan fingerprint density at radius 1 is 0.923 bits per heavy atom. The van der Waals surface area contributed by atoms with Gasteiger partial charge in [0.25, 0.3) is 0 Å². The number of halogens is 1. The van der Waals surface area contributed by atoms with Gasteiger partial charge in [0.2, 0.25) is 5.91 Å². The summed E-state index contributed by atoms with van der Waals surface area (Å²) in [4.78, 5) is 12.6. The number of rotatable bonds is 7. The van der Waals surface area contributed by atoms with Crippen LogP contribution in [-0.4, -0.2) is 25.0 Å². The van der Waals surface area contributed by atoms with E-state index in [4.69, 9.17) is 0 Å². The van der Waals surface area contributed by atoms with Crippen LogP contribution in [0.2, 0.25) is 0 Å². The van der Waals surface area contributed by atoms with E-state index in [1.54, 1.807) is 0 Å². The quantitative estimate of drug-likeness (QED) is 0.776. The summed E-state index contributed by atoms with van der Waals surface area (Å²) in [5.74, 6) is 0.523. The molecule has 1 saturated heterocycles. The van der Waals surface area contributed by atoms with E-state index in [-0.39, 0.29) is 18.3 Å². The second-order valence-electron chi connectivity index (χ2n) is 7.04. The molecule has 3 nitrogen and oxygen atoms in total. The van der Waals surface area contributed by atoms with Crippen LogP contribution in [0.5, 0.6) is 0 Å². The number of nitrogens with one attached hydrogen (secondary N) is 2. The van der Waals surface area contributed by atoms with E-state index >= 15 is 0 Å². The van der Waals surface area contributed by atoms with Gasteiger partial charge in [-0.15, -0.1) is 12.4 Å². The van der Waals surface area contributed by atoms with Crippen LogP contribution in [0.25, 0.3) is 0 Å². The standard InChI is InChI=1S/C22H28N2O.ClH/c25-22(24-21-11-13-23-14-12-21)17-20(15-18-7-3-1-4-8-18)16-19-9-5-2-6-10-19;/h1-10,20-21,23H,11-17H2,(H,24,25);1H. The molecule has 1 fully saturated rings. The lowest BCUT2D eigenvalue weighted by Gasteiger charge is -2.25. The summed E-state index contributed by atoms with van der Waals surface area (Å²) in [6, 6.07) is 21.3. The number of piperidine rings is 1. The van der Waals surface area contributed by atoms with Crippen LogP contribution in [-0.2, 0) is 17.6 Å². The smallest absolute Gasteiger partial charge is 0.220 e. The lowest BCUT2D eigenvalue weighted by molar-refractivity contribution is -0.122. The number of amides is 1. The third-order valence-corrected chi connectivity index (χ3v) is 4.91. The summed E-state index contributed by atoms with van der Waals surface area (Å²) >= 11 is 0. The molecule has 0 radical (unpaired) electrons. The average Bonchev–Trinajstić information content (AvgIpc) is 2.64. The Kier molecular flexibility index (Phi) is 8.66. The molecule has 0 aliphatic carbocycles. The lowest BCUT2D eigenvalue weighted by atomic mass is 9.89. The summed E-state index contributed by atoms with van der Waals surface area (Å²) < 4.78 is 0. The highest BCUT2D eigenvalue weighted by molar-refractivity contribution is 5.85. The first-order valence-electron chi connectivity index (χ1n) is 9.37. The van der Waals surface area contributed by atoms with Gasteiger partial charge >= 0.3 is 0 Å². The van der Waals surface area contributed by atoms with Crippen molar-refractivity contribution in [2.24, 2.45) is 5.92 Å². The Hall–Kier alpha value is -1.84. The van der Waals surface area contributed by atoms with Gasteiger partial charge in [-0.25, -0.2) is 0 Å². The van der Waals surface area contributed by atoms with E-state index in [2.05, 4.69) is 59.2 Å². The molecular weight excluding hydrogens is 344 g/mol. The van der Waals surface area contributed by atoms with Gasteiger partial charge < -0.3 is 10.6 Å². The molecule has 4 heteroatoms. The van der Waals surface area contributed by atoms with Crippen molar-refractivity contribution >= 4 is 18.3 Å². The molecule has 1 amide bonds. The van der Waals surface area contributed by atoms with Crippen molar-refractivity contribution in [2.45, 2.75) is 38.1 Å². The van der Waals surface area contributed by atoms with Crippen molar-refractivity contribution in [2.75, 3.05) is 13.1 Å². The molecule has 0 saturated carbocycles. The molecule has 140 valence electrons. The monoisotopic (exact) mass is 372 g/mol. The van der Waals surface area contributed by atoms with Crippen molar-refractivity contribution in [3.8, 4) is 0 Å². The minimum absolute atomic E-state index is 0. The van der Waals surface area contributed by atoms with Crippen LogP contribution >= 0.6 is 12.4 Å². The Bertz CT molecular complexity index is 600. The summed E-state index contributed by atoms with van der Waals surface area (Å²) in [6.45, 7) is 2.00. The molecule has 26 heavy (non-hydrogen) atoms. The minimum atomic E-state index is 0. The van der Waals surface area contributed by atoms with Crippen molar-refractivity contribution in [3.63, 3.8) is 0 Å². The Morgan fingerprint density at radius 3 is 1.92 bits per heavy atom. The number of hydrogen-bond donors (Lipinski definition) is 2. The van der Waals surface area contributed by atoms with Gasteiger partial charge in [0.05, 0.1) is 0 Å². The predicted octanol–water partition coefficient (Wildman–Crippen LogP) is 3.77. The molecule has 1 heterocycles. The zero-order valence-electron chi connectivity index (χ0n) is 15.2. The van der Waals surface area contributed by atoms with Crippen LogP contribution in [0.4, 0.5) is 0 Å². The van der Waals surface area contributed by atoms with Crippen molar-refractivity contribution < 1.29 is 4.79 Å². The molecule has 0 aromatic heterocycles. The van der Waals surface area contributed by atoms with Gasteiger partial charge in [-0.1, -0.05) is 60.7 Å². The number of carbonyl (C=O) groups is 1. The zero-order chi connectivity index (χ0) is 17.3. The van der Waals surface area contributed by atoms with E-state index in [0.29, 0.717) is 18.4 Å². The summed E-state index contributed by atoms with van der Waals surface area (Å²) in [5, 5.41) is 6.58. The van der Waals surface area contributed by atoms with Crippen molar-refractivity contribution in [3.05, 3.63) is 71.8 Å². The number of hydrogen-bond acceptors (Lipinski definition) is 2. The van der Waals surface area contributed by atoms with Crippen molar-refractivity contribution in [1.82, 2.24) is 10.6 Å². The minimum Gasteiger partial charge on any atom is -0.353 e. The Morgan fingerprint density at radius 2 is 1.42 bits per heavy atom. The molecule has 1 aliphatic rings. The molecule has 0 bridgehead atoms. The average molecular weight is 373 g/mol. The molecule has 2 N–H and O–H groups in total. The van der Waals surface area contributed by atoms with Crippen LogP contribution in [0.15, 0.2) is 60.7 Å². The van der Waals surface area contributed by atoms with E-state index in [9.17, 15) is 4.79 Å². The first kappa shape index (κ1) is 20.5.